The van der Waals surface area contributed by atoms with Gasteiger partial charge in [0.1, 0.15) is 0 Å². The predicted octanol–water partition coefficient (Wildman–Crippen LogP) is 0.930. The van der Waals surface area contributed by atoms with Gasteiger partial charge in [-0.25, -0.2) is 0 Å². The second kappa shape index (κ2) is 6.89. The molecule has 2 aliphatic heterocycles. The van der Waals surface area contributed by atoms with Crippen molar-refractivity contribution < 1.29 is 14.3 Å². The molecule has 1 N–H and O–H groups in total. The Morgan fingerprint density at radius 1 is 1.26 bits per heavy atom. The van der Waals surface area contributed by atoms with Gasteiger partial charge in [0.15, 0.2) is 0 Å². The lowest BCUT2D eigenvalue weighted by atomic mass is 9.96. The van der Waals surface area contributed by atoms with Crippen molar-refractivity contribution in [3.8, 4) is 0 Å². The van der Waals surface area contributed by atoms with E-state index in [1.165, 1.54) is 0 Å². The van der Waals surface area contributed by atoms with E-state index < -0.39 is 0 Å². The van der Waals surface area contributed by atoms with Crippen LogP contribution in [-0.4, -0.2) is 49.1 Å². The molecule has 1 amide bonds. The number of ether oxygens (including phenoxy) is 1. The lowest BCUT2D eigenvalue weighted by Gasteiger charge is -2.35. The first kappa shape index (κ1) is 14.3. The van der Waals surface area contributed by atoms with Crippen LogP contribution in [0.5, 0.6) is 0 Å². The summed E-state index contributed by atoms with van der Waals surface area (Å²) >= 11 is 0. The van der Waals surface area contributed by atoms with Crippen LogP contribution in [0, 0.1) is 5.92 Å². The van der Waals surface area contributed by atoms with Crippen LogP contribution >= 0.6 is 0 Å². The molecular formula is C14H24N2O3. The number of carbonyl (C=O) groups is 2. The molecule has 2 heterocycles. The molecule has 5 heteroatoms. The second-order valence-electron chi connectivity index (χ2n) is 5.38. The summed E-state index contributed by atoms with van der Waals surface area (Å²) < 4.78 is 5.06. The first-order valence-electron chi connectivity index (χ1n) is 7.41. The molecule has 19 heavy (non-hydrogen) atoms. The highest BCUT2D eigenvalue weighted by Crippen LogP contribution is 2.20. The van der Waals surface area contributed by atoms with E-state index in [2.05, 4.69) is 5.32 Å². The molecule has 2 unspecified atom stereocenters. The molecule has 0 aromatic heterocycles. The quantitative estimate of drug-likeness (QED) is 0.774. The zero-order valence-electron chi connectivity index (χ0n) is 11.7. The minimum absolute atomic E-state index is 0.0466. The average molecular weight is 268 g/mol. The third-order valence-electron chi connectivity index (χ3n) is 3.96. The fourth-order valence-electron chi connectivity index (χ4n) is 2.91. The number of nitrogens with one attached hydrogen (secondary N) is 1. The van der Waals surface area contributed by atoms with Gasteiger partial charge in [-0.05, 0) is 39.2 Å². The van der Waals surface area contributed by atoms with Crippen molar-refractivity contribution in [3.63, 3.8) is 0 Å². The lowest BCUT2D eigenvalue weighted by Crippen LogP contribution is -2.52. The highest BCUT2D eigenvalue weighted by atomic mass is 16.5. The van der Waals surface area contributed by atoms with E-state index in [0.717, 1.165) is 45.2 Å². The minimum atomic E-state index is -0.156. The molecule has 0 saturated carbocycles. The van der Waals surface area contributed by atoms with Gasteiger partial charge in [0, 0.05) is 13.1 Å². The number of rotatable bonds is 3. The Balaban J connectivity index is 1.89. The summed E-state index contributed by atoms with van der Waals surface area (Å²) in [4.78, 5) is 26.0. The molecule has 0 aliphatic carbocycles. The lowest BCUT2D eigenvalue weighted by molar-refractivity contribution is -0.151. The number of likely N-dealkylation sites (tertiary alicyclic amines) is 1. The van der Waals surface area contributed by atoms with Gasteiger partial charge in [0.25, 0.3) is 0 Å². The molecule has 0 spiro atoms. The maximum atomic E-state index is 12.4. The normalized spacial score (nSPS) is 27.9. The van der Waals surface area contributed by atoms with Crippen molar-refractivity contribution in [2.45, 2.75) is 45.1 Å². The number of amides is 1. The van der Waals surface area contributed by atoms with E-state index in [-0.39, 0.29) is 23.8 Å². The highest BCUT2D eigenvalue weighted by Gasteiger charge is 2.32. The maximum absolute atomic E-state index is 12.4. The summed E-state index contributed by atoms with van der Waals surface area (Å²) in [6.07, 6.45) is 4.90. The van der Waals surface area contributed by atoms with Crippen LogP contribution in [0.3, 0.4) is 0 Å². The summed E-state index contributed by atoms with van der Waals surface area (Å²) in [5.41, 5.74) is 0. The first-order valence-corrected chi connectivity index (χ1v) is 7.41. The molecule has 0 bridgehead atoms. The Kier molecular flexibility index (Phi) is 5.19. The fourth-order valence-corrected chi connectivity index (χ4v) is 2.91. The number of carbonyl (C=O) groups excluding carboxylic acids is 2. The van der Waals surface area contributed by atoms with Crippen LogP contribution in [0.2, 0.25) is 0 Å². The monoisotopic (exact) mass is 268 g/mol. The molecule has 5 nitrogen and oxygen atoms in total. The van der Waals surface area contributed by atoms with Crippen LogP contribution in [0.1, 0.15) is 39.0 Å². The van der Waals surface area contributed by atoms with Crippen molar-refractivity contribution in [1.82, 2.24) is 10.2 Å². The summed E-state index contributed by atoms with van der Waals surface area (Å²) in [5.74, 6) is -0.133. The molecule has 0 aromatic rings. The smallest absolute Gasteiger partial charge is 0.310 e. The number of hydrogen-bond donors (Lipinski definition) is 1. The topological polar surface area (TPSA) is 58.6 Å². The van der Waals surface area contributed by atoms with Gasteiger partial charge in [0.2, 0.25) is 5.91 Å². The SMILES string of the molecule is CCOC(=O)C1CCCN(C(=O)C2CCCCN2)C1. The van der Waals surface area contributed by atoms with Gasteiger partial charge in [-0.3, -0.25) is 9.59 Å². The standard InChI is InChI=1S/C14H24N2O3/c1-2-19-14(18)11-6-5-9-16(10-11)13(17)12-7-3-4-8-15-12/h11-12,15H,2-10H2,1H3. The molecule has 2 atom stereocenters. The average Bonchev–Trinajstić information content (AvgIpc) is 2.48. The Labute approximate surface area is 114 Å². The first-order chi connectivity index (χ1) is 9.22. The molecule has 2 aliphatic rings. The van der Waals surface area contributed by atoms with Crippen LogP contribution in [0.15, 0.2) is 0 Å². The van der Waals surface area contributed by atoms with Crippen LogP contribution in [0.4, 0.5) is 0 Å². The van der Waals surface area contributed by atoms with E-state index in [4.69, 9.17) is 4.74 Å². The van der Waals surface area contributed by atoms with E-state index in [1.54, 1.807) is 0 Å². The predicted molar refractivity (Wildman–Crippen MR) is 71.6 cm³/mol. The van der Waals surface area contributed by atoms with Crippen molar-refractivity contribution in [2.75, 3.05) is 26.2 Å². The second-order valence-corrected chi connectivity index (χ2v) is 5.38. The molecule has 0 aromatic carbocycles. The Morgan fingerprint density at radius 3 is 2.79 bits per heavy atom. The summed E-state index contributed by atoms with van der Waals surface area (Å²) in [6.45, 7) is 4.44. The highest BCUT2D eigenvalue weighted by molar-refractivity contribution is 5.83. The summed E-state index contributed by atoms with van der Waals surface area (Å²) in [6, 6.07) is -0.0466. The summed E-state index contributed by atoms with van der Waals surface area (Å²) in [5, 5.41) is 3.28. The van der Waals surface area contributed by atoms with Crippen molar-refractivity contribution in [1.29, 1.82) is 0 Å². The van der Waals surface area contributed by atoms with Gasteiger partial charge in [-0.15, -0.1) is 0 Å². The summed E-state index contributed by atoms with van der Waals surface area (Å²) in [7, 11) is 0. The van der Waals surface area contributed by atoms with Crippen molar-refractivity contribution >= 4 is 11.9 Å². The van der Waals surface area contributed by atoms with Crippen LogP contribution in [0.25, 0.3) is 0 Å². The zero-order valence-corrected chi connectivity index (χ0v) is 11.7. The Morgan fingerprint density at radius 2 is 2.11 bits per heavy atom. The van der Waals surface area contributed by atoms with Crippen LogP contribution in [-0.2, 0) is 14.3 Å². The molecule has 2 rings (SSSR count). The number of hydrogen-bond acceptors (Lipinski definition) is 4. The minimum Gasteiger partial charge on any atom is -0.466 e. The zero-order chi connectivity index (χ0) is 13.7. The number of nitrogens with zero attached hydrogens (tertiary/aromatic N) is 1. The van der Waals surface area contributed by atoms with Crippen molar-refractivity contribution in [3.05, 3.63) is 0 Å². The van der Waals surface area contributed by atoms with Crippen molar-refractivity contribution in [2.24, 2.45) is 5.92 Å². The van der Waals surface area contributed by atoms with E-state index in [0.29, 0.717) is 13.2 Å². The maximum Gasteiger partial charge on any atom is 0.310 e. The molecular weight excluding hydrogens is 244 g/mol. The number of esters is 1. The number of piperidine rings is 2. The molecule has 2 saturated heterocycles. The van der Waals surface area contributed by atoms with Crippen LogP contribution < -0.4 is 5.32 Å². The van der Waals surface area contributed by atoms with E-state index in [1.807, 2.05) is 11.8 Å². The van der Waals surface area contributed by atoms with Gasteiger partial charge < -0.3 is 15.0 Å². The largest absolute Gasteiger partial charge is 0.466 e. The molecule has 108 valence electrons. The van der Waals surface area contributed by atoms with Gasteiger partial charge >= 0.3 is 5.97 Å². The van der Waals surface area contributed by atoms with Gasteiger partial charge in [-0.2, -0.15) is 0 Å². The molecule has 0 radical (unpaired) electrons. The van der Waals surface area contributed by atoms with Gasteiger partial charge in [-0.1, -0.05) is 6.42 Å². The third-order valence-corrected chi connectivity index (χ3v) is 3.96. The Hall–Kier alpha value is -1.10. The third kappa shape index (κ3) is 3.69. The fraction of sp³-hybridized carbons (Fsp3) is 0.857. The molecule has 2 fully saturated rings. The Bertz CT molecular complexity index is 327. The van der Waals surface area contributed by atoms with E-state index in [9.17, 15) is 9.59 Å². The van der Waals surface area contributed by atoms with E-state index >= 15 is 0 Å². The van der Waals surface area contributed by atoms with Gasteiger partial charge in [0.05, 0.1) is 18.6 Å².